The zero-order valence-electron chi connectivity index (χ0n) is 19.9. The predicted octanol–water partition coefficient (Wildman–Crippen LogP) is 5.88. The van der Waals surface area contributed by atoms with Crippen molar-refractivity contribution in [3.8, 4) is 23.0 Å². The minimum atomic E-state index is -3.80. The number of aromatic nitrogens is 2. The highest BCUT2D eigenvalue weighted by atomic mass is 32.2. The van der Waals surface area contributed by atoms with Gasteiger partial charge in [-0.05, 0) is 41.8 Å². The van der Waals surface area contributed by atoms with Gasteiger partial charge in [-0.15, -0.1) is 0 Å². The molecule has 0 bridgehead atoms. The highest BCUT2D eigenvalue weighted by Crippen LogP contribution is 2.38. The Balaban J connectivity index is 1.41. The van der Waals surface area contributed by atoms with Crippen LogP contribution >= 0.6 is 0 Å². The molecule has 0 unspecified atom stereocenters. The lowest BCUT2D eigenvalue weighted by molar-refractivity contribution is -0.107. The van der Waals surface area contributed by atoms with Crippen molar-refractivity contribution < 1.29 is 26.8 Å². The SMILES string of the molecule is CS(=O)(=O)c1c(Oc2cccc(-c3nc(Cc4cccc(CCC=O)c4)co3)c2)c(F)cc2[nH]ccc12. The molecule has 0 radical (unpaired) electrons. The summed E-state index contributed by atoms with van der Waals surface area (Å²) < 4.78 is 51.5. The Morgan fingerprint density at radius 1 is 1.08 bits per heavy atom. The Morgan fingerprint density at radius 3 is 2.70 bits per heavy atom. The van der Waals surface area contributed by atoms with Gasteiger partial charge in [-0.3, -0.25) is 0 Å². The second-order valence-corrected chi connectivity index (χ2v) is 10.7. The number of aromatic amines is 1. The lowest BCUT2D eigenvalue weighted by atomic mass is 10.0. The monoisotopic (exact) mass is 518 g/mol. The number of hydrogen-bond donors (Lipinski definition) is 1. The van der Waals surface area contributed by atoms with Crippen molar-refractivity contribution in [2.24, 2.45) is 0 Å². The predicted molar refractivity (Wildman–Crippen MR) is 137 cm³/mol. The number of H-pyrrole nitrogens is 1. The number of nitrogens with zero attached hydrogens (tertiary/aromatic N) is 1. The zero-order valence-corrected chi connectivity index (χ0v) is 20.7. The minimum Gasteiger partial charge on any atom is -0.453 e. The van der Waals surface area contributed by atoms with Crippen LogP contribution in [0.3, 0.4) is 0 Å². The van der Waals surface area contributed by atoms with Crippen molar-refractivity contribution in [1.29, 1.82) is 0 Å². The Morgan fingerprint density at radius 2 is 1.89 bits per heavy atom. The molecule has 0 amide bonds. The molecule has 0 aliphatic rings. The molecule has 0 aliphatic carbocycles. The summed E-state index contributed by atoms with van der Waals surface area (Å²) in [6.45, 7) is 0. The van der Waals surface area contributed by atoms with E-state index in [0.29, 0.717) is 41.6 Å². The highest BCUT2D eigenvalue weighted by Gasteiger charge is 2.24. The number of rotatable bonds is 9. The molecule has 188 valence electrons. The first-order chi connectivity index (χ1) is 17.8. The van der Waals surface area contributed by atoms with Crippen LogP contribution in [0.2, 0.25) is 0 Å². The van der Waals surface area contributed by atoms with Gasteiger partial charge in [0.1, 0.15) is 23.2 Å². The van der Waals surface area contributed by atoms with Crippen molar-refractivity contribution in [3.05, 3.63) is 95.8 Å². The number of aldehydes is 1. The van der Waals surface area contributed by atoms with Gasteiger partial charge in [-0.25, -0.2) is 17.8 Å². The molecule has 9 heteroatoms. The number of halogens is 1. The van der Waals surface area contributed by atoms with E-state index in [9.17, 15) is 17.6 Å². The normalized spacial score (nSPS) is 11.6. The first-order valence-corrected chi connectivity index (χ1v) is 13.4. The first kappa shape index (κ1) is 24.5. The van der Waals surface area contributed by atoms with Crippen LogP contribution in [0.4, 0.5) is 4.39 Å². The Labute approximate surface area is 212 Å². The number of aryl methyl sites for hydroxylation is 1. The molecule has 7 nitrogen and oxygen atoms in total. The van der Waals surface area contributed by atoms with Crippen molar-refractivity contribution in [2.75, 3.05) is 6.26 Å². The molecule has 0 saturated carbocycles. The van der Waals surface area contributed by atoms with E-state index in [1.807, 2.05) is 24.3 Å². The number of hydrogen-bond acceptors (Lipinski definition) is 6. The van der Waals surface area contributed by atoms with Crippen LogP contribution in [-0.2, 0) is 27.5 Å². The van der Waals surface area contributed by atoms with Crippen molar-refractivity contribution >= 4 is 27.0 Å². The van der Waals surface area contributed by atoms with E-state index in [1.54, 1.807) is 42.8 Å². The summed E-state index contributed by atoms with van der Waals surface area (Å²) in [5.41, 5.74) is 3.80. The van der Waals surface area contributed by atoms with E-state index in [1.165, 1.54) is 6.07 Å². The Bertz CT molecular complexity index is 1700. The Hall–Kier alpha value is -4.24. The van der Waals surface area contributed by atoms with Crippen LogP contribution in [0.15, 0.2) is 82.4 Å². The van der Waals surface area contributed by atoms with Gasteiger partial charge in [0.2, 0.25) is 5.89 Å². The molecule has 5 rings (SSSR count). The highest BCUT2D eigenvalue weighted by molar-refractivity contribution is 7.91. The summed E-state index contributed by atoms with van der Waals surface area (Å²) >= 11 is 0. The second-order valence-electron chi connectivity index (χ2n) is 8.70. The van der Waals surface area contributed by atoms with Crippen molar-refractivity contribution in [2.45, 2.75) is 24.2 Å². The topological polar surface area (TPSA) is 102 Å². The molecule has 0 aliphatic heterocycles. The van der Waals surface area contributed by atoms with E-state index in [0.717, 1.165) is 29.4 Å². The van der Waals surface area contributed by atoms with E-state index in [-0.39, 0.29) is 16.4 Å². The van der Waals surface area contributed by atoms with Crippen molar-refractivity contribution in [3.63, 3.8) is 0 Å². The average Bonchev–Trinajstić information content (AvgIpc) is 3.52. The smallest absolute Gasteiger partial charge is 0.226 e. The third kappa shape index (κ3) is 5.31. The zero-order chi connectivity index (χ0) is 26.0. The number of carbonyl (C=O) groups is 1. The van der Waals surface area contributed by atoms with Crippen LogP contribution in [0, 0.1) is 5.82 Å². The molecule has 2 aromatic heterocycles. The molecular formula is C28H23FN2O5S. The summed E-state index contributed by atoms with van der Waals surface area (Å²) in [6.07, 6.45) is 6.76. The van der Waals surface area contributed by atoms with Gasteiger partial charge in [0.05, 0.1) is 5.69 Å². The number of carbonyl (C=O) groups excluding carboxylic acids is 1. The lowest BCUT2D eigenvalue weighted by Gasteiger charge is -2.13. The number of oxazole rings is 1. The number of nitrogens with one attached hydrogen (secondary N) is 1. The minimum absolute atomic E-state index is 0.220. The maximum Gasteiger partial charge on any atom is 0.226 e. The van der Waals surface area contributed by atoms with Gasteiger partial charge >= 0.3 is 0 Å². The van der Waals surface area contributed by atoms with Gasteiger partial charge in [0, 0.05) is 47.8 Å². The first-order valence-electron chi connectivity index (χ1n) is 11.6. The fraction of sp³-hybridized carbons (Fsp3) is 0.143. The molecule has 0 fully saturated rings. The molecule has 2 heterocycles. The fourth-order valence-corrected chi connectivity index (χ4v) is 5.30. The standard InChI is InChI=1S/C28H23FN2O5S/c1-37(33,34)27-23-10-11-30-25(23)16-24(29)26(27)36-22-9-3-8-20(15-22)28-31-21(17-35-28)14-19-6-2-5-18(13-19)7-4-12-32/h2-3,5-6,8-13,15-17,30H,4,7,14H2,1H3. The maximum absolute atomic E-state index is 14.9. The van der Waals surface area contributed by atoms with E-state index < -0.39 is 15.7 Å². The second kappa shape index (κ2) is 10.0. The summed E-state index contributed by atoms with van der Waals surface area (Å²) in [4.78, 5) is 17.8. The molecular weight excluding hydrogens is 495 g/mol. The van der Waals surface area contributed by atoms with E-state index in [4.69, 9.17) is 9.15 Å². The Kier molecular flexibility index (Phi) is 6.62. The van der Waals surface area contributed by atoms with Crippen LogP contribution in [0.25, 0.3) is 22.4 Å². The quantitative estimate of drug-likeness (QED) is 0.245. The summed E-state index contributed by atoms with van der Waals surface area (Å²) in [5, 5.41) is 0.350. The molecule has 0 atom stereocenters. The van der Waals surface area contributed by atoms with E-state index in [2.05, 4.69) is 9.97 Å². The molecule has 3 aromatic carbocycles. The van der Waals surface area contributed by atoms with Crippen LogP contribution in [0.1, 0.15) is 23.2 Å². The number of ether oxygens (including phenoxy) is 1. The largest absolute Gasteiger partial charge is 0.453 e. The van der Waals surface area contributed by atoms with Gasteiger partial charge in [-0.2, -0.15) is 0 Å². The van der Waals surface area contributed by atoms with E-state index >= 15 is 0 Å². The maximum atomic E-state index is 14.9. The summed E-state index contributed by atoms with van der Waals surface area (Å²) in [5.74, 6) is -0.579. The van der Waals surface area contributed by atoms with Crippen LogP contribution in [-0.4, -0.2) is 30.9 Å². The van der Waals surface area contributed by atoms with Crippen molar-refractivity contribution in [1.82, 2.24) is 9.97 Å². The molecule has 0 saturated heterocycles. The molecule has 37 heavy (non-hydrogen) atoms. The van der Waals surface area contributed by atoms with Gasteiger partial charge in [0.15, 0.2) is 21.4 Å². The van der Waals surface area contributed by atoms with Crippen LogP contribution in [0.5, 0.6) is 11.5 Å². The number of benzene rings is 3. The third-order valence-electron chi connectivity index (χ3n) is 5.87. The lowest BCUT2D eigenvalue weighted by Crippen LogP contribution is -2.03. The number of fused-ring (bicyclic) bond motifs is 1. The molecule has 1 N–H and O–H groups in total. The molecule has 5 aromatic rings. The average molecular weight is 519 g/mol. The fourth-order valence-electron chi connectivity index (χ4n) is 4.25. The summed E-state index contributed by atoms with van der Waals surface area (Å²) in [7, 11) is -3.80. The number of sulfone groups is 1. The third-order valence-corrected chi connectivity index (χ3v) is 7.02. The van der Waals surface area contributed by atoms with Gasteiger partial charge in [-0.1, -0.05) is 30.3 Å². The molecule has 0 spiro atoms. The summed E-state index contributed by atoms with van der Waals surface area (Å²) in [6, 6.07) is 17.4. The van der Waals surface area contributed by atoms with Gasteiger partial charge in [0.25, 0.3) is 0 Å². The van der Waals surface area contributed by atoms with Crippen LogP contribution < -0.4 is 4.74 Å². The van der Waals surface area contributed by atoms with Gasteiger partial charge < -0.3 is 18.9 Å².